The molecule has 9 heteroatoms. The molecular weight excluding hydrogens is 352 g/mol. The van der Waals surface area contributed by atoms with Gasteiger partial charge in [-0.2, -0.15) is 0 Å². The van der Waals surface area contributed by atoms with Crippen molar-refractivity contribution in [2.45, 2.75) is 6.61 Å². The number of benzene rings is 2. The molecule has 2 rings (SSSR count). The molecule has 0 aliphatic heterocycles. The standard InChI is InChI=1S/C13H8BClF5O.K/c15-9-2-1-8(12(17)5-9)7-21-13-6-10(16)3-4-11(13)14(18,19)20;/h1-6H,7H2;/q-1;+1. The SMILES string of the molecule is Fc1ccc([B-](F)(F)F)c(OCc2ccc(Cl)cc2F)c1.[K+]. The molecule has 0 saturated heterocycles. The van der Waals surface area contributed by atoms with Crippen LogP contribution in [-0.4, -0.2) is 6.98 Å². The summed E-state index contributed by atoms with van der Waals surface area (Å²) in [5.74, 6) is -2.25. The van der Waals surface area contributed by atoms with Gasteiger partial charge in [0.1, 0.15) is 18.2 Å². The van der Waals surface area contributed by atoms with Crippen LogP contribution in [-0.2, 0) is 6.61 Å². The zero-order chi connectivity index (χ0) is 15.6. The van der Waals surface area contributed by atoms with E-state index >= 15 is 0 Å². The van der Waals surface area contributed by atoms with E-state index < -0.39 is 36.4 Å². The zero-order valence-corrected chi connectivity index (χ0v) is 15.3. The number of rotatable bonds is 4. The number of ether oxygens (including phenoxy) is 1. The topological polar surface area (TPSA) is 9.23 Å². The van der Waals surface area contributed by atoms with Gasteiger partial charge < -0.3 is 17.7 Å². The van der Waals surface area contributed by atoms with Crippen LogP contribution in [0.3, 0.4) is 0 Å². The largest absolute Gasteiger partial charge is 1.00 e. The van der Waals surface area contributed by atoms with Crippen molar-refractivity contribution in [3.8, 4) is 5.75 Å². The molecule has 2 aromatic carbocycles. The molecule has 0 heterocycles. The van der Waals surface area contributed by atoms with Gasteiger partial charge in [0.2, 0.25) is 0 Å². The van der Waals surface area contributed by atoms with Gasteiger partial charge in [0, 0.05) is 16.7 Å². The molecular formula is C13H8BClF5KO. The normalized spacial score (nSPS) is 11.0. The third kappa shape index (κ3) is 5.21. The first-order valence-corrected chi connectivity index (χ1v) is 6.21. The van der Waals surface area contributed by atoms with E-state index in [2.05, 4.69) is 0 Å². The summed E-state index contributed by atoms with van der Waals surface area (Å²) in [5.41, 5.74) is -1.05. The van der Waals surface area contributed by atoms with Crippen LogP contribution < -0.4 is 61.6 Å². The third-order valence-corrected chi connectivity index (χ3v) is 2.96. The maximum Gasteiger partial charge on any atom is 1.00 e. The monoisotopic (exact) mass is 360 g/mol. The van der Waals surface area contributed by atoms with Crippen molar-refractivity contribution >= 4 is 24.0 Å². The van der Waals surface area contributed by atoms with Gasteiger partial charge in [0.25, 0.3) is 0 Å². The Kier molecular flexibility index (Phi) is 7.36. The second-order valence-electron chi connectivity index (χ2n) is 4.28. The summed E-state index contributed by atoms with van der Waals surface area (Å²) in [5, 5.41) is 0.154. The smallest absolute Gasteiger partial charge is 0.492 e. The molecule has 22 heavy (non-hydrogen) atoms. The minimum atomic E-state index is -5.36. The number of hydrogen-bond acceptors (Lipinski definition) is 1. The fourth-order valence-electron chi connectivity index (χ4n) is 1.70. The summed E-state index contributed by atoms with van der Waals surface area (Å²) >= 11 is 5.56. The van der Waals surface area contributed by atoms with Crippen molar-refractivity contribution in [2.75, 3.05) is 0 Å². The molecule has 0 fully saturated rings. The van der Waals surface area contributed by atoms with Crippen molar-refractivity contribution in [3.05, 3.63) is 58.6 Å². The van der Waals surface area contributed by atoms with Crippen molar-refractivity contribution in [3.63, 3.8) is 0 Å². The summed E-state index contributed by atoms with van der Waals surface area (Å²) in [4.78, 5) is 0. The van der Waals surface area contributed by atoms with E-state index in [1.165, 1.54) is 12.1 Å². The quantitative estimate of drug-likeness (QED) is 0.589. The summed E-state index contributed by atoms with van der Waals surface area (Å²) < 4.78 is 69.9. The van der Waals surface area contributed by atoms with Crippen molar-refractivity contribution in [1.82, 2.24) is 0 Å². The Hall–Kier alpha value is -0.119. The molecule has 0 radical (unpaired) electrons. The summed E-state index contributed by atoms with van der Waals surface area (Å²) in [6.07, 6.45) is 0. The van der Waals surface area contributed by atoms with Gasteiger partial charge in [0.15, 0.2) is 0 Å². The summed E-state index contributed by atoms with van der Waals surface area (Å²) in [6, 6.07) is 5.60. The Morgan fingerprint density at radius 3 is 2.27 bits per heavy atom. The number of halogens is 6. The van der Waals surface area contributed by atoms with Crippen LogP contribution in [0.2, 0.25) is 5.02 Å². The minimum absolute atomic E-state index is 0. The predicted molar refractivity (Wildman–Crippen MR) is 70.9 cm³/mol. The second-order valence-corrected chi connectivity index (χ2v) is 4.72. The van der Waals surface area contributed by atoms with Gasteiger partial charge in [-0.3, -0.25) is 0 Å². The molecule has 0 aliphatic carbocycles. The Balaban J connectivity index is 0.00000242. The summed E-state index contributed by atoms with van der Waals surface area (Å²) in [6.45, 7) is -5.82. The van der Waals surface area contributed by atoms with E-state index in [0.29, 0.717) is 18.2 Å². The minimum Gasteiger partial charge on any atom is -0.492 e. The van der Waals surface area contributed by atoms with Crippen LogP contribution in [0.1, 0.15) is 5.56 Å². The van der Waals surface area contributed by atoms with Gasteiger partial charge in [0.05, 0.1) is 5.75 Å². The van der Waals surface area contributed by atoms with Crippen molar-refractivity contribution in [2.24, 2.45) is 0 Å². The molecule has 0 unspecified atom stereocenters. The maximum atomic E-state index is 13.5. The second kappa shape index (κ2) is 8.12. The van der Waals surface area contributed by atoms with Crippen LogP contribution in [0.4, 0.5) is 21.7 Å². The van der Waals surface area contributed by atoms with Gasteiger partial charge in [-0.15, -0.1) is 0 Å². The molecule has 0 bridgehead atoms. The van der Waals surface area contributed by atoms with E-state index in [-0.39, 0.29) is 62.0 Å². The van der Waals surface area contributed by atoms with Crippen LogP contribution in [0, 0.1) is 11.6 Å². The Morgan fingerprint density at radius 2 is 1.68 bits per heavy atom. The molecule has 112 valence electrons. The molecule has 0 aromatic heterocycles. The van der Waals surface area contributed by atoms with E-state index in [0.717, 1.165) is 6.07 Å². The van der Waals surface area contributed by atoms with Crippen LogP contribution >= 0.6 is 11.6 Å². The maximum absolute atomic E-state index is 13.5. The van der Waals surface area contributed by atoms with Crippen LogP contribution in [0.5, 0.6) is 5.75 Å². The first kappa shape index (κ1) is 19.9. The Labute approximate surface area is 171 Å². The molecule has 2 aromatic rings. The van der Waals surface area contributed by atoms with Gasteiger partial charge >= 0.3 is 58.4 Å². The first-order valence-electron chi connectivity index (χ1n) is 5.83. The van der Waals surface area contributed by atoms with E-state index in [1.807, 2.05) is 0 Å². The third-order valence-electron chi connectivity index (χ3n) is 2.73. The van der Waals surface area contributed by atoms with E-state index in [4.69, 9.17) is 16.3 Å². The van der Waals surface area contributed by atoms with Gasteiger partial charge in [-0.1, -0.05) is 29.2 Å². The molecule has 0 spiro atoms. The number of hydrogen-bond donors (Lipinski definition) is 0. The fraction of sp³-hybridized carbons (Fsp3) is 0.0769. The van der Waals surface area contributed by atoms with Crippen LogP contribution in [0.15, 0.2) is 36.4 Å². The van der Waals surface area contributed by atoms with Crippen molar-refractivity contribution in [1.29, 1.82) is 0 Å². The van der Waals surface area contributed by atoms with Crippen molar-refractivity contribution < 1.29 is 77.8 Å². The average Bonchev–Trinajstić information content (AvgIpc) is 2.36. The molecule has 0 amide bonds. The zero-order valence-electron chi connectivity index (χ0n) is 11.4. The molecule has 0 atom stereocenters. The van der Waals surface area contributed by atoms with Gasteiger partial charge in [-0.05, 0) is 18.2 Å². The molecule has 0 aliphatic rings. The Bertz CT molecular complexity index is 665. The molecule has 0 N–H and O–H groups in total. The predicted octanol–water partition coefficient (Wildman–Crippen LogP) is 1.26. The Morgan fingerprint density at radius 1 is 1.00 bits per heavy atom. The van der Waals surface area contributed by atoms with Crippen LogP contribution in [0.25, 0.3) is 0 Å². The van der Waals surface area contributed by atoms with E-state index in [1.54, 1.807) is 0 Å². The van der Waals surface area contributed by atoms with E-state index in [9.17, 15) is 21.7 Å². The molecule has 0 saturated carbocycles. The first-order chi connectivity index (χ1) is 9.77. The fourth-order valence-corrected chi connectivity index (χ4v) is 1.86. The molecule has 1 nitrogen and oxygen atoms in total. The summed E-state index contributed by atoms with van der Waals surface area (Å²) in [7, 11) is 0. The average molecular weight is 361 g/mol. The van der Waals surface area contributed by atoms with Gasteiger partial charge in [-0.25, -0.2) is 8.78 Å².